The van der Waals surface area contributed by atoms with Crippen LogP contribution in [0.2, 0.25) is 0 Å². The van der Waals surface area contributed by atoms with Crippen LogP contribution in [0.3, 0.4) is 0 Å². The first-order valence-electron chi connectivity index (χ1n) is 6.11. The van der Waals surface area contributed by atoms with Gasteiger partial charge in [0.15, 0.2) is 0 Å². The smallest absolute Gasteiger partial charge is 0.0414 e. The van der Waals surface area contributed by atoms with Gasteiger partial charge < -0.3 is 10.6 Å². The van der Waals surface area contributed by atoms with Crippen molar-refractivity contribution < 1.29 is 0 Å². The lowest BCUT2D eigenvalue weighted by Gasteiger charge is -2.20. The van der Waals surface area contributed by atoms with Gasteiger partial charge in [0.05, 0.1) is 0 Å². The molecular formula is C14H18N2. The summed E-state index contributed by atoms with van der Waals surface area (Å²) in [7, 11) is 0. The molecule has 1 aliphatic carbocycles. The predicted octanol–water partition coefficient (Wildman–Crippen LogP) is 2.81. The summed E-state index contributed by atoms with van der Waals surface area (Å²) < 4.78 is 0. The normalized spacial score (nSPS) is 19.1. The maximum atomic E-state index is 3.98. The van der Waals surface area contributed by atoms with Gasteiger partial charge >= 0.3 is 0 Å². The number of rotatable bonds is 3. The number of allylic oxidation sites excluding steroid dienone is 1. The van der Waals surface area contributed by atoms with Gasteiger partial charge in [0, 0.05) is 24.0 Å². The predicted molar refractivity (Wildman–Crippen MR) is 67.4 cm³/mol. The molecular weight excluding hydrogens is 196 g/mol. The Hall–Kier alpha value is -1.28. The topological polar surface area (TPSA) is 24.1 Å². The van der Waals surface area contributed by atoms with Crippen LogP contribution in [-0.4, -0.2) is 6.04 Å². The second-order valence-corrected chi connectivity index (χ2v) is 4.88. The molecule has 0 spiro atoms. The van der Waals surface area contributed by atoms with E-state index in [4.69, 9.17) is 0 Å². The number of aryl methyl sites for hydroxylation is 1. The average Bonchev–Trinajstić information content (AvgIpc) is 3.10. The Labute approximate surface area is 96.7 Å². The van der Waals surface area contributed by atoms with Crippen LogP contribution in [0.25, 0.3) is 0 Å². The van der Waals surface area contributed by atoms with Crippen LogP contribution in [0.5, 0.6) is 0 Å². The SMILES string of the molecule is C=C1CCc2cc(CNC3CC3)ccc2N1. The Kier molecular flexibility index (Phi) is 2.44. The van der Waals surface area contributed by atoms with Crippen molar-refractivity contribution in [3.8, 4) is 0 Å². The molecule has 0 radical (unpaired) electrons. The minimum absolute atomic E-state index is 0.786. The van der Waals surface area contributed by atoms with Crippen LogP contribution in [0.4, 0.5) is 5.69 Å². The monoisotopic (exact) mass is 214 g/mol. The Morgan fingerprint density at radius 2 is 2.19 bits per heavy atom. The summed E-state index contributed by atoms with van der Waals surface area (Å²) in [6.07, 6.45) is 4.89. The number of benzene rings is 1. The van der Waals surface area contributed by atoms with Gasteiger partial charge in [-0.15, -0.1) is 0 Å². The number of nitrogens with one attached hydrogen (secondary N) is 2. The lowest BCUT2D eigenvalue weighted by atomic mass is 9.99. The van der Waals surface area contributed by atoms with E-state index >= 15 is 0 Å². The molecule has 16 heavy (non-hydrogen) atoms. The molecule has 0 atom stereocenters. The Balaban J connectivity index is 1.73. The third-order valence-electron chi connectivity index (χ3n) is 3.35. The van der Waals surface area contributed by atoms with Gasteiger partial charge in [0.1, 0.15) is 0 Å². The first kappa shape index (κ1) is 9.91. The quantitative estimate of drug-likeness (QED) is 0.808. The molecule has 1 fully saturated rings. The van der Waals surface area contributed by atoms with Crippen molar-refractivity contribution in [2.45, 2.75) is 38.3 Å². The third-order valence-corrected chi connectivity index (χ3v) is 3.35. The summed E-state index contributed by atoms with van der Waals surface area (Å²) in [6, 6.07) is 7.50. The lowest BCUT2D eigenvalue weighted by molar-refractivity contribution is 0.687. The van der Waals surface area contributed by atoms with Crippen molar-refractivity contribution in [1.29, 1.82) is 0 Å². The van der Waals surface area contributed by atoms with E-state index in [2.05, 4.69) is 35.4 Å². The average molecular weight is 214 g/mol. The molecule has 0 amide bonds. The van der Waals surface area contributed by atoms with E-state index in [1.807, 2.05) is 0 Å². The fourth-order valence-corrected chi connectivity index (χ4v) is 2.17. The fraction of sp³-hybridized carbons (Fsp3) is 0.429. The maximum Gasteiger partial charge on any atom is 0.0414 e. The second-order valence-electron chi connectivity index (χ2n) is 4.88. The third kappa shape index (κ3) is 2.12. The van der Waals surface area contributed by atoms with E-state index in [0.717, 1.165) is 31.1 Å². The Morgan fingerprint density at radius 3 is 3.00 bits per heavy atom. The van der Waals surface area contributed by atoms with E-state index < -0.39 is 0 Å². The van der Waals surface area contributed by atoms with Crippen LogP contribution >= 0.6 is 0 Å². The van der Waals surface area contributed by atoms with Crippen LogP contribution in [0.15, 0.2) is 30.5 Å². The zero-order chi connectivity index (χ0) is 11.0. The highest BCUT2D eigenvalue weighted by Crippen LogP contribution is 2.27. The molecule has 1 aromatic carbocycles. The molecule has 0 bridgehead atoms. The second kappa shape index (κ2) is 3.95. The minimum Gasteiger partial charge on any atom is -0.359 e. The first-order valence-corrected chi connectivity index (χ1v) is 6.11. The largest absolute Gasteiger partial charge is 0.359 e. The molecule has 1 heterocycles. The summed E-state index contributed by atoms with van der Waals surface area (Å²) in [4.78, 5) is 0. The van der Waals surface area contributed by atoms with Crippen molar-refractivity contribution in [3.63, 3.8) is 0 Å². The number of hydrogen-bond donors (Lipinski definition) is 2. The summed E-state index contributed by atoms with van der Waals surface area (Å²) >= 11 is 0. The summed E-state index contributed by atoms with van der Waals surface area (Å²) in [6.45, 7) is 4.99. The highest BCUT2D eigenvalue weighted by atomic mass is 14.9. The van der Waals surface area contributed by atoms with Crippen LogP contribution in [-0.2, 0) is 13.0 Å². The molecule has 2 nitrogen and oxygen atoms in total. The summed E-state index contributed by atoms with van der Waals surface area (Å²) in [5, 5.41) is 6.90. The molecule has 0 unspecified atom stereocenters. The zero-order valence-electron chi connectivity index (χ0n) is 9.55. The standard InChI is InChI=1S/C14H18N2/c1-10-2-4-12-8-11(3-7-14(12)16-10)9-15-13-5-6-13/h3,7-8,13,15-16H,1-2,4-6,9H2. The molecule has 84 valence electrons. The van der Waals surface area contributed by atoms with Crippen molar-refractivity contribution in [2.75, 3.05) is 5.32 Å². The Bertz CT molecular complexity index is 419. The van der Waals surface area contributed by atoms with Crippen molar-refractivity contribution in [2.24, 2.45) is 0 Å². The molecule has 3 rings (SSSR count). The fourth-order valence-electron chi connectivity index (χ4n) is 2.17. The van der Waals surface area contributed by atoms with E-state index in [1.54, 1.807) is 0 Å². The van der Waals surface area contributed by atoms with Crippen LogP contribution < -0.4 is 10.6 Å². The molecule has 2 aliphatic rings. The van der Waals surface area contributed by atoms with Gasteiger partial charge in [0.25, 0.3) is 0 Å². The summed E-state index contributed by atoms with van der Waals surface area (Å²) in [5.41, 5.74) is 5.21. The van der Waals surface area contributed by atoms with Gasteiger partial charge in [-0.3, -0.25) is 0 Å². The molecule has 1 saturated carbocycles. The van der Waals surface area contributed by atoms with Gasteiger partial charge in [-0.1, -0.05) is 18.7 Å². The van der Waals surface area contributed by atoms with E-state index in [0.29, 0.717) is 0 Å². The maximum absolute atomic E-state index is 3.98. The van der Waals surface area contributed by atoms with Gasteiger partial charge in [-0.25, -0.2) is 0 Å². The number of hydrogen-bond acceptors (Lipinski definition) is 2. The minimum atomic E-state index is 0.786. The van der Waals surface area contributed by atoms with Gasteiger partial charge in [0.2, 0.25) is 0 Å². The first-order chi connectivity index (χ1) is 7.81. The van der Waals surface area contributed by atoms with Crippen molar-refractivity contribution in [1.82, 2.24) is 5.32 Å². The highest BCUT2D eigenvalue weighted by molar-refractivity contribution is 5.58. The molecule has 0 aromatic heterocycles. The molecule has 2 heteroatoms. The van der Waals surface area contributed by atoms with Crippen LogP contribution in [0, 0.1) is 0 Å². The Morgan fingerprint density at radius 1 is 1.31 bits per heavy atom. The van der Waals surface area contributed by atoms with Crippen molar-refractivity contribution >= 4 is 5.69 Å². The van der Waals surface area contributed by atoms with Gasteiger partial charge in [-0.2, -0.15) is 0 Å². The lowest BCUT2D eigenvalue weighted by Crippen LogP contribution is -2.16. The highest BCUT2D eigenvalue weighted by Gasteiger charge is 2.20. The molecule has 0 saturated heterocycles. The van der Waals surface area contributed by atoms with E-state index in [1.165, 1.54) is 29.7 Å². The zero-order valence-corrected chi connectivity index (χ0v) is 9.55. The van der Waals surface area contributed by atoms with E-state index in [-0.39, 0.29) is 0 Å². The van der Waals surface area contributed by atoms with Crippen LogP contribution in [0.1, 0.15) is 30.4 Å². The van der Waals surface area contributed by atoms with Gasteiger partial charge in [-0.05, 0) is 42.9 Å². The molecule has 1 aromatic rings. The number of anilines is 1. The van der Waals surface area contributed by atoms with Crippen molar-refractivity contribution in [3.05, 3.63) is 41.6 Å². The molecule has 1 aliphatic heterocycles. The summed E-state index contributed by atoms with van der Waals surface area (Å²) in [5.74, 6) is 0. The van der Waals surface area contributed by atoms with E-state index in [9.17, 15) is 0 Å². The number of fused-ring (bicyclic) bond motifs is 1. The molecule has 2 N–H and O–H groups in total.